The van der Waals surface area contributed by atoms with Crippen molar-refractivity contribution in [2.75, 3.05) is 60.2 Å². The SMILES string of the molecule is COc1cccc(CN2CCN(CC3CCOC3)CC2)c1OC. The zero-order valence-electron chi connectivity index (χ0n) is 14.3. The van der Waals surface area contributed by atoms with E-state index >= 15 is 0 Å². The molecule has 0 spiro atoms. The Bertz CT molecular complexity index is 495. The zero-order chi connectivity index (χ0) is 16.1. The molecule has 2 aliphatic heterocycles. The van der Waals surface area contributed by atoms with Crippen LogP contribution >= 0.6 is 0 Å². The maximum absolute atomic E-state index is 5.54. The second-order valence-corrected chi connectivity index (χ2v) is 6.46. The van der Waals surface area contributed by atoms with Crippen LogP contribution < -0.4 is 9.47 Å². The highest BCUT2D eigenvalue weighted by molar-refractivity contribution is 5.46. The molecule has 2 fully saturated rings. The number of hydrogen-bond acceptors (Lipinski definition) is 5. The Balaban J connectivity index is 1.52. The zero-order valence-corrected chi connectivity index (χ0v) is 14.3. The maximum atomic E-state index is 5.54. The van der Waals surface area contributed by atoms with Gasteiger partial charge in [0.25, 0.3) is 0 Å². The third-order valence-electron chi connectivity index (χ3n) is 4.88. The standard InChI is InChI=1S/C18H28N2O3/c1-21-17-5-3-4-16(18(17)22-2)13-20-9-7-19(8-10-20)12-15-6-11-23-14-15/h3-5,15H,6-14H2,1-2H3. The summed E-state index contributed by atoms with van der Waals surface area (Å²) in [6.07, 6.45) is 1.22. The highest BCUT2D eigenvalue weighted by Gasteiger charge is 2.23. The van der Waals surface area contributed by atoms with E-state index in [-0.39, 0.29) is 0 Å². The van der Waals surface area contributed by atoms with Crippen LogP contribution in [-0.4, -0.2) is 70.0 Å². The van der Waals surface area contributed by atoms with Gasteiger partial charge in [-0.3, -0.25) is 4.90 Å². The first-order valence-electron chi connectivity index (χ1n) is 8.52. The minimum Gasteiger partial charge on any atom is -0.493 e. The lowest BCUT2D eigenvalue weighted by atomic mass is 10.1. The fourth-order valence-corrected chi connectivity index (χ4v) is 3.54. The number of hydrogen-bond donors (Lipinski definition) is 0. The Morgan fingerprint density at radius 3 is 2.52 bits per heavy atom. The largest absolute Gasteiger partial charge is 0.493 e. The molecule has 0 bridgehead atoms. The summed E-state index contributed by atoms with van der Waals surface area (Å²) in [5, 5.41) is 0. The number of rotatable bonds is 6. The molecule has 1 atom stereocenters. The topological polar surface area (TPSA) is 34.2 Å². The molecule has 0 saturated carbocycles. The molecule has 0 amide bonds. The third-order valence-corrected chi connectivity index (χ3v) is 4.88. The van der Waals surface area contributed by atoms with E-state index in [4.69, 9.17) is 14.2 Å². The van der Waals surface area contributed by atoms with Crippen LogP contribution in [0.5, 0.6) is 11.5 Å². The van der Waals surface area contributed by atoms with Crippen molar-refractivity contribution in [3.05, 3.63) is 23.8 Å². The van der Waals surface area contributed by atoms with E-state index in [2.05, 4.69) is 15.9 Å². The second-order valence-electron chi connectivity index (χ2n) is 6.46. The molecule has 3 rings (SSSR count). The molecular formula is C18H28N2O3. The lowest BCUT2D eigenvalue weighted by molar-refractivity contribution is 0.106. The summed E-state index contributed by atoms with van der Waals surface area (Å²) >= 11 is 0. The number of nitrogens with zero attached hydrogens (tertiary/aromatic N) is 2. The average molecular weight is 320 g/mol. The smallest absolute Gasteiger partial charge is 0.165 e. The van der Waals surface area contributed by atoms with Crippen LogP contribution in [0.4, 0.5) is 0 Å². The van der Waals surface area contributed by atoms with Gasteiger partial charge in [-0.15, -0.1) is 0 Å². The fourth-order valence-electron chi connectivity index (χ4n) is 3.54. The summed E-state index contributed by atoms with van der Waals surface area (Å²) in [5.74, 6) is 2.41. The first kappa shape index (κ1) is 16.6. The van der Waals surface area contributed by atoms with Crippen LogP contribution in [-0.2, 0) is 11.3 Å². The molecule has 0 N–H and O–H groups in total. The van der Waals surface area contributed by atoms with Gasteiger partial charge in [0.2, 0.25) is 0 Å². The van der Waals surface area contributed by atoms with Gasteiger partial charge in [0.05, 0.1) is 20.8 Å². The van der Waals surface area contributed by atoms with E-state index in [9.17, 15) is 0 Å². The highest BCUT2D eigenvalue weighted by atomic mass is 16.5. The summed E-state index contributed by atoms with van der Waals surface area (Å²) < 4.78 is 16.4. The lowest BCUT2D eigenvalue weighted by Crippen LogP contribution is -2.47. The van der Waals surface area contributed by atoms with E-state index in [0.29, 0.717) is 0 Å². The van der Waals surface area contributed by atoms with Crippen LogP contribution in [0.3, 0.4) is 0 Å². The number of piperazine rings is 1. The fraction of sp³-hybridized carbons (Fsp3) is 0.667. The van der Waals surface area contributed by atoms with Crippen molar-refractivity contribution < 1.29 is 14.2 Å². The van der Waals surface area contributed by atoms with Crippen molar-refractivity contribution in [3.63, 3.8) is 0 Å². The van der Waals surface area contributed by atoms with Crippen LogP contribution in [0.25, 0.3) is 0 Å². The summed E-state index contributed by atoms with van der Waals surface area (Å²) in [4.78, 5) is 5.08. The van der Waals surface area contributed by atoms with Gasteiger partial charge >= 0.3 is 0 Å². The Hall–Kier alpha value is -1.30. The number of methoxy groups -OCH3 is 2. The summed E-state index contributed by atoms with van der Waals surface area (Å²) in [6, 6.07) is 6.11. The molecule has 1 unspecified atom stereocenters. The van der Waals surface area contributed by atoms with Gasteiger partial charge in [-0.25, -0.2) is 0 Å². The molecule has 1 aromatic carbocycles. The summed E-state index contributed by atoms with van der Waals surface area (Å²) in [6.45, 7) is 8.49. The minimum absolute atomic E-state index is 0.736. The van der Waals surface area contributed by atoms with E-state index in [1.165, 1.54) is 18.5 Å². The molecule has 0 radical (unpaired) electrons. The van der Waals surface area contributed by atoms with E-state index < -0.39 is 0 Å². The monoisotopic (exact) mass is 320 g/mol. The molecule has 2 saturated heterocycles. The Kier molecular flexibility index (Phi) is 5.75. The molecular weight excluding hydrogens is 292 g/mol. The van der Waals surface area contributed by atoms with Crippen LogP contribution in [0.15, 0.2) is 18.2 Å². The highest BCUT2D eigenvalue weighted by Crippen LogP contribution is 2.31. The van der Waals surface area contributed by atoms with Crippen molar-refractivity contribution in [2.45, 2.75) is 13.0 Å². The van der Waals surface area contributed by atoms with Gasteiger partial charge in [0.15, 0.2) is 11.5 Å². The van der Waals surface area contributed by atoms with Crippen molar-refractivity contribution in [1.29, 1.82) is 0 Å². The van der Waals surface area contributed by atoms with Crippen LogP contribution in [0.2, 0.25) is 0 Å². The maximum Gasteiger partial charge on any atom is 0.165 e. The molecule has 23 heavy (non-hydrogen) atoms. The van der Waals surface area contributed by atoms with E-state index in [1.807, 2.05) is 12.1 Å². The number of para-hydroxylation sites is 1. The first-order valence-corrected chi connectivity index (χ1v) is 8.52. The van der Waals surface area contributed by atoms with E-state index in [0.717, 1.165) is 63.4 Å². The molecule has 0 aromatic heterocycles. The quantitative estimate of drug-likeness (QED) is 0.799. The van der Waals surface area contributed by atoms with Crippen molar-refractivity contribution in [1.82, 2.24) is 9.80 Å². The Labute approximate surface area is 139 Å². The Morgan fingerprint density at radius 1 is 1.09 bits per heavy atom. The molecule has 5 nitrogen and oxygen atoms in total. The number of ether oxygens (including phenoxy) is 3. The first-order chi connectivity index (χ1) is 11.3. The lowest BCUT2D eigenvalue weighted by Gasteiger charge is -2.36. The van der Waals surface area contributed by atoms with Crippen molar-refractivity contribution >= 4 is 0 Å². The van der Waals surface area contributed by atoms with Gasteiger partial charge in [-0.2, -0.15) is 0 Å². The molecule has 0 aliphatic carbocycles. The van der Waals surface area contributed by atoms with Gasteiger partial charge in [0.1, 0.15) is 0 Å². The number of benzene rings is 1. The minimum atomic E-state index is 0.736. The normalized spacial score (nSPS) is 23.1. The van der Waals surface area contributed by atoms with E-state index in [1.54, 1.807) is 14.2 Å². The van der Waals surface area contributed by atoms with Gasteiger partial charge in [-0.05, 0) is 18.4 Å². The second kappa shape index (κ2) is 7.99. The third kappa shape index (κ3) is 4.16. The van der Waals surface area contributed by atoms with Gasteiger partial charge in [0, 0.05) is 51.4 Å². The predicted octanol–water partition coefficient (Wildman–Crippen LogP) is 1.86. The van der Waals surface area contributed by atoms with Crippen LogP contribution in [0.1, 0.15) is 12.0 Å². The van der Waals surface area contributed by atoms with Crippen molar-refractivity contribution in [3.8, 4) is 11.5 Å². The summed E-state index contributed by atoms with van der Waals surface area (Å²) in [7, 11) is 3.40. The predicted molar refractivity (Wildman–Crippen MR) is 90.2 cm³/mol. The molecule has 2 aliphatic rings. The molecule has 128 valence electrons. The molecule has 5 heteroatoms. The van der Waals surface area contributed by atoms with Crippen LogP contribution in [0, 0.1) is 5.92 Å². The van der Waals surface area contributed by atoms with Gasteiger partial charge < -0.3 is 19.1 Å². The summed E-state index contributed by atoms with van der Waals surface area (Å²) in [5.41, 5.74) is 1.20. The molecule has 1 aromatic rings. The Morgan fingerprint density at radius 2 is 1.87 bits per heavy atom. The van der Waals surface area contributed by atoms with Gasteiger partial charge in [-0.1, -0.05) is 12.1 Å². The molecule has 2 heterocycles. The van der Waals surface area contributed by atoms with Crippen molar-refractivity contribution in [2.24, 2.45) is 5.92 Å². The average Bonchev–Trinajstić information content (AvgIpc) is 3.09.